The third-order valence-electron chi connectivity index (χ3n) is 2.78. The highest BCUT2D eigenvalue weighted by Gasteiger charge is 2.25. The molecule has 0 radical (unpaired) electrons. The number of aliphatic carboxylic acids is 1. The third kappa shape index (κ3) is 3.87. The number of amides is 1. The highest BCUT2D eigenvalue weighted by atomic mass is 16.4. The molecule has 0 aliphatic heterocycles. The van der Waals surface area contributed by atoms with E-state index in [9.17, 15) is 9.59 Å². The number of carboxylic acids is 1. The molecule has 18 heavy (non-hydrogen) atoms. The molecule has 1 heterocycles. The average Bonchev–Trinajstić information content (AvgIpc) is 2.46. The number of carbonyl (C=O) groups is 2. The molecule has 6 nitrogen and oxygen atoms in total. The number of hydrogen-bond donors (Lipinski definition) is 3. The summed E-state index contributed by atoms with van der Waals surface area (Å²) < 4.78 is 0. The number of aromatic amines is 1. The first-order valence-electron chi connectivity index (χ1n) is 5.74. The van der Waals surface area contributed by atoms with Gasteiger partial charge in [-0.05, 0) is 19.3 Å². The normalized spacial score (nSPS) is 11.3. The first-order valence-corrected chi connectivity index (χ1v) is 5.74. The van der Waals surface area contributed by atoms with Crippen molar-refractivity contribution in [2.45, 2.75) is 40.5 Å². The molecule has 0 unspecified atom stereocenters. The lowest BCUT2D eigenvalue weighted by Crippen LogP contribution is -2.25. The predicted octanol–water partition coefficient (Wildman–Crippen LogP) is 1.86. The van der Waals surface area contributed by atoms with Crippen LogP contribution in [0.4, 0.5) is 5.82 Å². The molecule has 1 aromatic heterocycles. The summed E-state index contributed by atoms with van der Waals surface area (Å²) >= 11 is 0. The van der Waals surface area contributed by atoms with Gasteiger partial charge in [-0.2, -0.15) is 5.10 Å². The second kappa shape index (κ2) is 5.20. The summed E-state index contributed by atoms with van der Waals surface area (Å²) in [7, 11) is 0. The Morgan fingerprint density at radius 2 is 1.94 bits per heavy atom. The minimum atomic E-state index is -0.903. The number of H-pyrrole nitrogens is 1. The monoisotopic (exact) mass is 253 g/mol. The van der Waals surface area contributed by atoms with Gasteiger partial charge in [0.25, 0.3) is 0 Å². The maximum absolute atomic E-state index is 11.8. The van der Waals surface area contributed by atoms with Crippen LogP contribution < -0.4 is 5.32 Å². The van der Waals surface area contributed by atoms with Gasteiger partial charge in [0.2, 0.25) is 5.91 Å². The standard InChI is InChI=1S/C12H19N3O3/c1-7-8(2)14-15-11(7)13-9(16)5-12(3,4)6-10(17)18/h5-6H2,1-4H3,(H,17,18)(H2,13,14,15,16). The minimum absolute atomic E-state index is 0.0427. The average molecular weight is 253 g/mol. The largest absolute Gasteiger partial charge is 0.481 e. The van der Waals surface area contributed by atoms with Gasteiger partial charge in [0, 0.05) is 17.7 Å². The number of rotatable bonds is 5. The number of carbonyl (C=O) groups excluding carboxylic acids is 1. The molecule has 0 aliphatic carbocycles. The molecule has 3 N–H and O–H groups in total. The van der Waals surface area contributed by atoms with Crippen LogP contribution >= 0.6 is 0 Å². The van der Waals surface area contributed by atoms with Gasteiger partial charge < -0.3 is 10.4 Å². The smallest absolute Gasteiger partial charge is 0.303 e. The Morgan fingerprint density at radius 1 is 1.33 bits per heavy atom. The number of hydrogen-bond acceptors (Lipinski definition) is 3. The Morgan fingerprint density at radius 3 is 2.39 bits per heavy atom. The summed E-state index contributed by atoms with van der Waals surface area (Å²) in [5.74, 6) is -0.626. The molecular formula is C12H19N3O3. The van der Waals surface area contributed by atoms with Crippen LogP contribution in [0.25, 0.3) is 0 Å². The summed E-state index contributed by atoms with van der Waals surface area (Å²) in [6.07, 6.45) is 0.101. The zero-order valence-corrected chi connectivity index (χ0v) is 11.1. The van der Waals surface area contributed by atoms with Crippen LogP contribution in [0, 0.1) is 19.3 Å². The summed E-state index contributed by atoms with van der Waals surface area (Å²) in [6, 6.07) is 0. The molecule has 0 saturated carbocycles. The molecule has 0 bridgehead atoms. The van der Waals surface area contributed by atoms with Crippen molar-refractivity contribution < 1.29 is 14.7 Å². The van der Waals surface area contributed by atoms with Crippen molar-refractivity contribution in [3.8, 4) is 0 Å². The van der Waals surface area contributed by atoms with E-state index >= 15 is 0 Å². The molecule has 0 aliphatic rings. The van der Waals surface area contributed by atoms with Gasteiger partial charge in [-0.25, -0.2) is 0 Å². The maximum atomic E-state index is 11.8. The van der Waals surface area contributed by atoms with Crippen LogP contribution in [0.5, 0.6) is 0 Å². The number of nitrogens with zero attached hydrogens (tertiary/aromatic N) is 1. The first-order chi connectivity index (χ1) is 8.21. The first kappa shape index (κ1) is 14.2. The van der Waals surface area contributed by atoms with Crippen LogP contribution in [-0.2, 0) is 9.59 Å². The van der Waals surface area contributed by atoms with Crippen LogP contribution in [0.2, 0.25) is 0 Å². The van der Waals surface area contributed by atoms with Crippen LogP contribution in [0.3, 0.4) is 0 Å². The Labute approximate surface area is 106 Å². The van der Waals surface area contributed by atoms with Crippen molar-refractivity contribution in [1.82, 2.24) is 10.2 Å². The lowest BCUT2D eigenvalue weighted by atomic mass is 9.85. The van der Waals surface area contributed by atoms with Gasteiger partial charge in [0.05, 0.1) is 6.42 Å². The Balaban J connectivity index is 2.62. The van der Waals surface area contributed by atoms with Crippen molar-refractivity contribution in [3.05, 3.63) is 11.3 Å². The fourth-order valence-electron chi connectivity index (χ4n) is 1.69. The van der Waals surface area contributed by atoms with Crippen molar-refractivity contribution in [3.63, 3.8) is 0 Å². The molecule has 1 aromatic rings. The van der Waals surface area contributed by atoms with Gasteiger partial charge in [0.1, 0.15) is 0 Å². The van der Waals surface area contributed by atoms with E-state index in [1.807, 2.05) is 13.8 Å². The van der Waals surface area contributed by atoms with E-state index in [0.717, 1.165) is 11.3 Å². The second-order valence-electron chi connectivity index (χ2n) is 5.28. The maximum Gasteiger partial charge on any atom is 0.303 e. The molecule has 6 heteroatoms. The van der Waals surface area contributed by atoms with E-state index in [0.29, 0.717) is 5.82 Å². The Kier molecular flexibility index (Phi) is 4.11. The lowest BCUT2D eigenvalue weighted by Gasteiger charge is -2.21. The number of carboxylic acid groups (broad SMARTS) is 1. The van der Waals surface area contributed by atoms with Crippen molar-refractivity contribution >= 4 is 17.7 Å². The number of aryl methyl sites for hydroxylation is 1. The van der Waals surface area contributed by atoms with E-state index in [2.05, 4.69) is 15.5 Å². The summed E-state index contributed by atoms with van der Waals surface area (Å²) in [5, 5.41) is 18.2. The van der Waals surface area contributed by atoms with Gasteiger partial charge in [-0.3, -0.25) is 14.7 Å². The molecule has 1 rings (SSSR count). The van der Waals surface area contributed by atoms with Gasteiger partial charge in [-0.15, -0.1) is 0 Å². The zero-order valence-electron chi connectivity index (χ0n) is 11.1. The number of anilines is 1. The van der Waals surface area contributed by atoms with Crippen LogP contribution in [0.15, 0.2) is 0 Å². The van der Waals surface area contributed by atoms with Gasteiger partial charge in [-0.1, -0.05) is 13.8 Å². The molecule has 1 amide bonds. The van der Waals surface area contributed by atoms with E-state index in [1.165, 1.54) is 0 Å². The Hall–Kier alpha value is -1.85. The highest BCUT2D eigenvalue weighted by molar-refractivity contribution is 5.91. The lowest BCUT2D eigenvalue weighted by molar-refractivity contribution is -0.139. The molecule has 0 fully saturated rings. The van der Waals surface area contributed by atoms with Gasteiger partial charge in [0.15, 0.2) is 5.82 Å². The van der Waals surface area contributed by atoms with Crippen molar-refractivity contribution in [1.29, 1.82) is 0 Å². The topological polar surface area (TPSA) is 95.1 Å². The highest BCUT2D eigenvalue weighted by Crippen LogP contribution is 2.25. The van der Waals surface area contributed by atoms with Crippen LogP contribution in [0.1, 0.15) is 37.9 Å². The summed E-state index contributed by atoms with van der Waals surface area (Å²) in [6.45, 7) is 7.23. The van der Waals surface area contributed by atoms with Crippen molar-refractivity contribution in [2.24, 2.45) is 5.41 Å². The number of aromatic nitrogens is 2. The second-order valence-corrected chi connectivity index (χ2v) is 5.28. The zero-order chi connectivity index (χ0) is 13.9. The fraction of sp³-hybridized carbons (Fsp3) is 0.583. The van der Waals surface area contributed by atoms with E-state index in [-0.39, 0.29) is 18.7 Å². The molecule has 0 saturated heterocycles. The molecule has 0 spiro atoms. The van der Waals surface area contributed by atoms with Gasteiger partial charge >= 0.3 is 5.97 Å². The molecular weight excluding hydrogens is 234 g/mol. The predicted molar refractivity (Wildman–Crippen MR) is 67.3 cm³/mol. The van der Waals surface area contributed by atoms with E-state index < -0.39 is 11.4 Å². The summed E-state index contributed by atoms with van der Waals surface area (Å²) in [4.78, 5) is 22.5. The Bertz CT molecular complexity index is 463. The third-order valence-corrected chi connectivity index (χ3v) is 2.78. The quantitative estimate of drug-likeness (QED) is 0.746. The molecule has 0 atom stereocenters. The SMILES string of the molecule is Cc1[nH]nc(NC(=O)CC(C)(C)CC(=O)O)c1C. The number of nitrogens with one attached hydrogen (secondary N) is 2. The summed E-state index contributed by atoms with van der Waals surface area (Å²) in [5.41, 5.74) is 1.21. The molecule has 0 aromatic carbocycles. The van der Waals surface area contributed by atoms with Crippen molar-refractivity contribution in [2.75, 3.05) is 5.32 Å². The van der Waals surface area contributed by atoms with Crippen LogP contribution in [-0.4, -0.2) is 27.2 Å². The van der Waals surface area contributed by atoms with E-state index in [1.54, 1.807) is 13.8 Å². The minimum Gasteiger partial charge on any atom is -0.481 e. The van der Waals surface area contributed by atoms with E-state index in [4.69, 9.17) is 5.11 Å². The fourth-order valence-corrected chi connectivity index (χ4v) is 1.69. The molecule has 100 valence electrons.